The van der Waals surface area contributed by atoms with E-state index in [0.717, 1.165) is 76.6 Å². The van der Waals surface area contributed by atoms with Crippen LogP contribution in [0.3, 0.4) is 0 Å². The van der Waals surface area contributed by atoms with Crippen molar-refractivity contribution in [3.63, 3.8) is 0 Å². The van der Waals surface area contributed by atoms with Crippen molar-refractivity contribution in [1.29, 1.82) is 0 Å². The van der Waals surface area contributed by atoms with Gasteiger partial charge in [0.05, 0.1) is 6.54 Å². The lowest BCUT2D eigenvalue weighted by atomic mass is 9.94. The molecule has 3 aliphatic rings. The number of fused-ring (bicyclic) bond motifs is 2. The number of hydrogen-bond acceptors (Lipinski definition) is 5. The number of hydrogen-bond donors (Lipinski definition) is 0. The third kappa shape index (κ3) is 4.73. The number of aryl methyl sites for hydroxylation is 2. The predicted molar refractivity (Wildman–Crippen MR) is 129 cm³/mol. The lowest BCUT2D eigenvalue weighted by molar-refractivity contribution is 0.0898. The molecule has 2 saturated heterocycles. The second-order valence-corrected chi connectivity index (χ2v) is 9.32. The fourth-order valence-electron chi connectivity index (χ4n) is 5.24. The van der Waals surface area contributed by atoms with Crippen molar-refractivity contribution in [2.75, 3.05) is 52.4 Å². The van der Waals surface area contributed by atoms with Crippen molar-refractivity contribution in [2.45, 2.75) is 39.2 Å². The van der Waals surface area contributed by atoms with Gasteiger partial charge in [-0.15, -0.1) is 0 Å². The molecule has 176 valence electrons. The Hall–Kier alpha value is -2.57. The molecule has 1 amide bonds. The van der Waals surface area contributed by atoms with Crippen LogP contribution in [0.1, 0.15) is 42.1 Å². The molecule has 0 spiro atoms. The lowest BCUT2D eigenvalue weighted by Gasteiger charge is -2.39. The van der Waals surface area contributed by atoms with Gasteiger partial charge in [0, 0.05) is 50.9 Å². The number of piperazine rings is 1. The molecule has 2 fully saturated rings. The van der Waals surface area contributed by atoms with Crippen molar-refractivity contribution < 1.29 is 14.3 Å². The number of rotatable bonds is 6. The molecule has 2 aromatic carbocycles. The van der Waals surface area contributed by atoms with Gasteiger partial charge >= 0.3 is 6.09 Å². The zero-order valence-corrected chi connectivity index (χ0v) is 19.9. The Morgan fingerprint density at radius 3 is 2.30 bits per heavy atom. The zero-order valence-electron chi connectivity index (χ0n) is 19.9. The van der Waals surface area contributed by atoms with Gasteiger partial charge < -0.3 is 14.4 Å². The minimum Gasteiger partial charge on any atom is -0.457 e. The van der Waals surface area contributed by atoms with Crippen molar-refractivity contribution in [1.82, 2.24) is 14.7 Å². The van der Waals surface area contributed by atoms with Crippen LogP contribution in [0.5, 0.6) is 11.5 Å². The average molecular weight is 450 g/mol. The Balaban J connectivity index is 1.33. The quantitative estimate of drug-likeness (QED) is 0.659. The number of carbonyl (C=O) groups is 1. The summed E-state index contributed by atoms with van der Waals surface area (Å²) < 4.78 is 11.5. The van der Waals surface area contributed by atoms with Crippen LogP contribution in [0, 0.1) is 0 Å². The minimum absolute atomic E-state index is 0.166. The smallest absolute Gasteiger partial charge is 0.409 e. The molecule has 6 nitrogen and oxygen atoms in total. The van der Waals surface area contributed by atoms with E-state index in [9.17, 15) is 4.79 Å². The Kier molecular flexibility index (Phi) is 6.56. The molecule has 0 saturated carbocycles. The minimum atomic E-state index is -0.166. The first-order valence-electron chi connectivity index (χ1n) is 12.4. The number of benzene rings is 2. The average Bonchev–Trinajstić information content (AvgIpc) is 3.19. The molecule has 0 aliphatic carbocycles. The topological polar surface area (TPSA) is 45.2 Å². The van der Waals surface area contributed by atoms with Crippen molar-refractivity contribution >= 4 is 6.09 Å². The predicted octanol–water partition coefficient (Wildman–Crippen LogP) is 4.27. The summed E-state index contributed by atoms with van der Waals surface area (Å²) in [6.45, 7) is 11.4. The molecule has 0 bridgehead atoms. The summed E-state index contributed by atoms with van der Waals surface area (Å²) in [6.07, 6.45) is 2.87. The van der Waals surface area contributed by atoms with E-state index >= 15 is 0 Å². The van der Waals surface area contributed by atoms with E-state index < -0.39 is 0 Å². The van der Waals surface area contributed by atoms with Gasteiger partial charge in [-0.25, -0.2) is 4.79 Å². The highest BCUT2D eigenvalue weighted by Crippen LogP contribution is 2.42. The largest absolute Gasteiger partial charge is 0.457 e. The fraction of sp³-hybridized carbons (Fsp3) is 0.519. The van der Waals surface area contributed by atoms with E-state index in [1.54, 1.807) is 0 Å². The number of ether oxygens (including phenoxy) is 2. The van der Waals surface area contributed by atoms with Crippen LogP contribution in [0.2, 0.25) is 0 Å². The third-order valence-electron chi connectivity index (χ3n) is 7.39. The maximum atomic E-state index is 11.7. The highest BCUT2D eigenvalue weighted by atomic mass is 16.6. The second-order valence-electron chi connectivity index (χ2n) is 9.32. The Morgan fingerprint density at radius 2 is 1.61 bits per heavy atom. The van der Waals surface area contributed by atoms with Gasteiger partial charge in [-0.3, -0.25) is 9.80 Å². The summed E-state index contributed by atoms with van der Waals surface area (Å²) in [5.41, 5.74) is 5.35. The van der Waals surface area contributed by atoms with Gasteiger partial charge in [0.15, 0.2) is 0 Å². The van der Waals surface area contributed by atoms with Crippen LogP contribution in [0.15, 0.2) is 36.4 Å². The molecule has 33 heavy (non-hydrogen) atoms. The summed E-state index contributed by atoms with van der Waals surface area (Å²) in [7, 11) is 0. The second kappa shape index (κ2) is 9.74. The van der Waals surface area contributed by atoms with Crippen molar-refractivity contribution in [3.8, 4) is 11.5 Å². The molecule has 0 radical (unpaired) electrons. The van der Waals surface area contributed by atoms with Crippen LogP contribution >= 0.6 is 0 Å². The summed E-state index contributed by atoms with van der Waals surface area (Å²) in [6, 6.07) is 13.7. The number of cyclic esters (lactones) is 1. The van der Waals surface area contributed by atoms with E-state index in [4.69, 9.17) is 9.47 Å². The maximum absolute atomic E-state index is 11.7. The standard InChI is InChI=1S/C27H35N3O3/c1-3-20-5-7-25-22(17-20)19-24(23-18-21(4-2)6-8-26(23)33-25)29-12-9-28(10-13-29)11-14-30-15-16-32-27(30)31/h5-8,17-18,24H,3-4,9-16,19H2,1-2H3. The molecule has 6 heteroatoms. The molecule has 3 aliphatic heterocycles. The fourth-order valence-corrected chi connectivity index (χ4v) is 5.24. The molecule has 2 aromatic rings. The van der Waals surface area contributed by atoms with E-state index in [2.05, 4.69) is 60.0 Å². The molecular formula is C27H35N3O3. The lowest BCUT2D eigenvalue weighted by Crippen LogP contribution is -2.49. The summed E-state index contributed by atoms with van der Waals surface area (Å²) in [5, 5.41) is 0. The maximum Gasteiger partial charge on any atom is 0.409 e. The molecular weight excluding hydrogens is 414 g/mol. The molecule has 1 unspecified atom stereocenters. The summed E-state index contributed by atoms with van der Waals surface area (Å²) in [4.78, 5) is 18.6. The van der Waals surface area contributed by atoms with Crippen molar-refractivity contribution in [3.05, 3.63) is 58.7 Å². The normalized spacial score (nSPS) is 21.2. The van der Waals surface area contributed by atoms with Gasteiger partial charge in [-0.1, -0.05) is 38.1 Å². The van der Waals surface area contributed by atoms with Crippen LogP contribution in [-0.2, 0) is 24.0 Å². The highest BCUT2D eigenvalue weighted by Gasteiger charge is 2.31. The van der Waals surface area contributed by atoms with Gasteiger partial charge in [0.25, 0.3) is 0 Å². The van der Waals surface area contributed by atoms with Crippen molar-refractivity contribution in [2.24, 2.45) is 0 Å². The van der Waals surface area contributed by atoms with Crippen LogP contribution in [0.4, 0.5) is 4.79 Å². The Labute approximate surface area is 197 Å². The third-order valence-corrected chi connectivity index (χ3v) is 7.39. The molecule has 5 rings (SSSR count). The molecule has 0 N–H and O–H groups in total. The number of amides is 1. The van der Waals surface area contributed by atoms with Gasteiger partial charge in [0.2, 0.25) is 0 Å². The highest BCUT2D eigenvalue weighted by molar-refractivity contribution is 5.69. The number of nitrogens with zero attached hydrogens (tertiary/aromatic N) is 3. The Morgan fingerprint density at radius 1 is 0.879 bits per heavy atom. The van der Waals surface area contributed by atoms with E-state index in [-0.39, 0.29) is 6.09 Å². The van der Waals surface area contributed by atoms with Crippen LogP contribution in [0.25, 0.3) is 0 Å². The van der Waals surface area contributed by atoms with Gasteiger partial charge in [0.1, 0.15) is 18.1 Å². The van der Waals surface area contributed by atoms with E-state index in [0.29, 0.717) is 12.6 Å². The van der Waals surface area contributed by atoms with Gasteiger partial charge in [-0.05, 0) is 48.1 Å². The summed E-state index contributed by atoms with van der Waals surface area (Å²) in [5.74, 6) is 1.99. The first-order valence-corrected chi connectivity index (χ1v) is 12.4. The Bertz CT molecular complexity index is 1000. The first kappa shape index (κ1) is 22.2. The SMILES string of the molecule is CCc1ccc2c(c1)CC(N1CCN(CCN3CCOC3=O)CC1)c1cc(CC)ccc1O2. The molecule has 3 heterocycles. The summed E-state index contributed by atoms with van der Waals surface area (Å²) >= 11 is 0. The molecule has 0 aromatic heterocycles. The van der Waals surface area contributed by atoms with E-state index in [1.807, 2.05) is 4.90 Å². The first-order chi connectivity index (χ1) is 16.1. The monoisotopic (exact) mass is 449 g/mol. The van der Waals surface area contributed by atoms with Crippen LogP contribution in [-0.4, -0.2) is 73.2 Å². The van der Waals surface area contributed by atoms with E-state index in [1.165, 1.54) is 22.3 Å². The zero-order chi connectivity index (χ0) is 22.8. The van der Waals surface area contributed by atoms with Crippen LogP contribution < -0.4 is 4.74 Å². The van der Waals surface area contributed by atoms with Gasteiger partial charge in [-0.2, -0.15) is 0 Å². The molecule has 1 atom stereocenters. The number of carbonyl (C=O) groups excluding carboxylic acids is 1.